The van der Waals surface area contributed by atoms with Crippen LogP contribution < -0.4 is 10.6 Å². The smallest absolute Gasteiger partial charge is 0.147 e. The van der Waals surface area contributed by atoms with Crippen molar-refractivity contribution in [2.24, 2.45) is 0 Å². The summed E-state index contributed by atoms with van der Waals surface area (Å²) in [5.41, 5.74) is 10.3. The number of benzene rings is 1. The maximum absolute atomic E-state index is 9.41. The predicted octanol–water partition coefficient (Wildman–Crippen LogP) is 3.18. The van der Waals surface area contributed by atoms with Crippen molar-refractivity contribution in [1.82, 2.24) is 4.98 Å². The third-order valence-corrected chi connectivity index (χ3v) is 3.53. The largest absolute Gasteiger partial charge is 0.398 e. The van der Waals surface area contributed by atoms with E-state index in [1.807, 2.05) is 44.2 Å². The number of hydrogen-bond donors (Lipinski definition) is 1. The van der Waals surface area contributed by atoms with Crippen LogP contribution in [0, 0.1) is 25.2 Å². The standard InChI is InChI=1S/C17H20N4/c1-4-21(11-14-7-5-6-8-16(14)19)17-15(10-18)12(2)9-13(3)20-17/h5-9H,4,11,19H2,1-3H3. The van der Waals surface area contributed by atoms with Crippen molar-refractivity contribution >= 4 is 11.5 Å². The molecule has 2 N–H and O–H groups in total. The van der Waals surface area contributed by atoms with Gasteiger partial charge < -0.3 is 10.6 Å². The first kappa shape index (κ1) is 14.9. The van der Waals surface area contributed by atoms with Gasteiger partial charge in [-0.25, -0.2) is 4.98 Å². The van der Waals surface area contributed by atoms with Gasteiger partial charge in [0.25, 0.3) is 0 Å². The molecule has 2 rings (SSSR count). The van der Waals surface area contributed by atoms with Crippen molar-refractivity contribution in [2.75, 3.05) is 17.2 Å². The number of nitrogen functional groups attached to an aromatic ring is 1. The molecule has 0 saturated heterocycles. The number of rotatable bonds is 4. The van der Waals surface area contributed by atoms with Crippen molar-refractivity contribution in [3.63, 3.8) is 0 Å². The fourth-order valence-corrected chi connectivity index (χ4v) is 2.40. The second-order valence-corrected chi connectivity index (χ2v) is 5.10. The molecule has 0 fully saturated rings. The van der Waals surface area contributed by atoms with Crippen LogP contribution in [0.5, 0.6) is 0 Å². The summed E-state index contributed by atoms with van der Waals surface area (Å²) in [6, 6.07) is 12.0. The van der Waals surface area contributed by atoms with Gasteiger partial charge in [-0.1, -0.05) is 18.2 Å². The molecule has 0 bridgehead atoms. The first-order chi connectivity index (χ1) is 10.1. The van der Waals surface area contributed by atoms with Crippen LogP contribution in [0.3, 0.4) is 0 Å². The molecule has 0 saturated carbocycles. The van der Waals surface area contributed by atoms with Gasteiger partial charge in [0.1, 0.15) is 11.9 Å². The third-order valence-electron chi connectivity index (χ3n) is 3.53. The zero-order chi connectivity index (χ0) is 15.4. The molecule has 0 aliphatic carbocycles. The number of para-hydroxylation sites is 1. The van der Waals surface area contributed by atoms with E-state index in [1.54, 1.807) is 0 Å². The molecule has 0 atom stereocenters. The molecule has 0 unspecified atom stereocenters. The summed E-state index contributed by atoms with van der Waals surface area (Å²) >= 11 is 0. The fourth-order valence-electron chi connectivity index (χ4n) is 2.40. The fraction of sp³-hybridized carbons (Fsp3) is 0.294. The van der Waals surface area contributed by atoms with Crippen molar-refractivity contribution in [3.8, 4) is 6.07 Å². The SMILES string of the molecule is CCN(Cc1ccccc1N)c1nc(C)cc(C)c1C#N. The van der Waals surface area contributed by atoms with Crippen LogP contribution in [0.2, 0.25) is 0 Å². The molecule has 0 spiro atoms. The van der Waals surface area contributed by atoms with Gasteiger partial charge in [-0.2, -0.15) is 5.26 Å². The zero-order valence-electron chi connectivity index (χ0n) is 12.7. The first-order valence-corrected chi connectivity index (χ1v) is 7.03. The number of nitriles is 1. The van der Waals surface area contributed by atoms with E-state index in [0.29, 0.717) is 12.1 Å². The maximum atomic E-state index is 9.41. The predicted molar refractivity (Wildman–Crippen MR) is 86.0 cm³/mol. The topological polar surface area (TPSA) is 65.9 Å². The number of aryl methyl sites for hydroxylation is 2. The summed E-state index contributed by atoms with van der Waals surface area (Å²) < 4.78 is 0. The van der Waals surface area contributed by atoms with E-state index in [0.717, 1.165) is 34.9 Å². The molecular weight excluding hydrogens is 260 g/mol. The monoisotopic (exact) mass is 280 g/mol. The average Bonchev–Trinajstić information content (AvgIpc) is 2.45. The van der Waals surface area contributed by atoms with Crippen LogP contribution in [0.4, 0.5) is 11.5 Å². The molecule has 4 nitrogen and oxygen atoms in total. The molecule has 4 heteroatoms. The molecule has 0 aliphatic heterocycles. The lowest BCUT2D eigenvalue weighted by atomic mass is 10.1. The van der Waals surface area contributed by atoms with Gasteiger partial charge >= 0.3 is 0 Å². The Labute approximate surface area is 125 Å². The number of pyridine rings is 1. The minimum Gasteiger partial charge on any atom is -0.398 e. The second kappa shape index (κ2) is 6.27. The molecular formula is C17H20N4. The highest BCUT2D eigenvalue weighted by Gasteiger charge is 2.15. The normalized spacial score (nSPS) is 10.2. The number of aromatic nitrogens is 1. The van der Waals surface area contributed by atoms with E-state index < -0.39 is 0 Å². The number of nitrogens with two attached hydrogens (primary N) is 1. The van der Waals surface area contributed by atoms with Gasteiger partial charge in [0, 0.05) is 24.5 Å². The van der Waals surface area contributed by atoms with Crippen molar-refractivity contribution in [2.45, 2.75) is 27.3 Å². The number of anilines is 2. The highest BCUT2D eigenvalue weighted by Crippen LogP contribution is 2.24. The van der Waals surface area contributed by atoms with E-state index in [2.05, 4.69) is 22.9 Å². The lowest BCUT2D eigenvalue weighted by Gasteiger charge is -2.24. The van der Waals surface area contributed by atoms with Crippen LogP contribution in [0.25, 0.3) is 0 Å². The summed E-state index contributed by atoms with van der Waals surface area (Å²) in [5.74, 6) is 0.737. The Morgan fingerprint density at radius 3 is 2.62 bits per heavy atom. The summed E-state index contributed by atoms with van der Waals surface area (Å²) in [5, 5.41) is 9.41. The van der Waals surface area contributed by atoms with E-state index in [9.17, 15) is 5.26 Å². The molecule has 21 heavy (non-hydrogen) atoms. The lowest BCUT2D eigenvalue weighted by Crippen LogP contribution is -2.25. The average molecular weight is 280 g/mol. The lowest BCUT2D eigenvalue weighted by molar-refractivity contribution is 0.808. The summed E-state index contributed by atoms with van der Waals surface area (Å²) in [6.45, 7) is 7.36. The summed E-state index contributed by atoms with van der Waals surface area (Å²) in [4.78, 5) is 6.65. The Balaban J connectivity index is 2.43. The van der Waals surface area contributed by atoms with Gasteiger partial charge in [0.05, 0.1) is 5.56 Å². The van der Waals surface area contributed by atoms with Gasteiger partial charge in [-0.15, -0.1) is 0 Å². The van der Waals surface area contributed by atoms with E-state index in [-0.39, 0.29) is 0 Å². The highest BCUT2D eigenvalue weighted by molar-refractivity contribution is 5.59. The minimum atomic E-state index is 0.636. The number of nitrogens with zero attached hydrogens (tertiary/aromatic N) is 3. The number of hydrogen-bond acceptors (Lipinski definition) is 4. The minimum absolute atomic E-state index is 0.636. The third kappa shape index (κ3) is 3.14. The van der Waals surface area contributed by atoms with Crippen LogP contribution >= 0.6 is 0 Å². The first-order valence-electron chi connectivity index (χ1n) is 7.03. The van der Waals surface area contributed by atoms with E-state index in [1.165, 1.54) is 0 Å². The molecule has 1 heterocycles. The molecule has 108 valence electrons. The van der Waals surface area contributed by atoms with Gasteiger partial charge in [0.15, 0.2) is 0 Å². The molecule has 1 aromatic heterocycles. The van der Waals surface area contributed by atoms with Crippen LogP contribution in [-0.4, -0.2) is 11.5 Å². The Bertz CT molecular complexity index is 686. The van der Waals surface area contributed by atoms with E-state index >= 15 is 0 Å². The summed E-state index contributed by atoms with van der Waals surface area (Å²) in [7, 11) is 0. The van der Waals surface area contributed by atoms with Gasteiger partial charge in [-0.3, -0.25) is 0 Å². The Morgan fingerprint density at radius 2 is 2.00 bits per heavy atom. The maximum Gasteiger partial charge on any atom is 0.147 e. The van der Waals surface area contributed by atoms with E-state index in [4.69, 9.17) is 5.73 Å². The molecule has 0 aliphatic rings. The second-order valence-electron chi connectivity index (χ2n) is 5.10. The van der Waals surface area contributed by atoms with Crippen molar-refractivity contribution in [1.29, 1.82) is 5.26 Å². The zero-order valence-corrected chi connectivity index (χ0v) is 12.7. The van der Waals surface area contributed by atoms with Gasteiger partial charge in [0.2, 0.25) is 0 Å². The molecule has 0 radical (unpaired) electrons. The Morgan fingerprint density at radius 1 is 1.29 bits per heavy atom. The van der Waals surface area contributed by atoms with Crippen molar-refractivity contribution in [3.05, 3.63) is 52.7 Å². The van der Waals surface area contributed by atoms with Crippen LogP contribution in [-0.2, 0) is 6.54 Å². The quantitative estimate of drug-likeness (QED) is 0.873. The van der Waals surface area contributed by atoms with Gasteiger partial charge in [-0.05, 0) is 44.0 Å². The molecule has 0 amide bonds. The molecule has 1 aromatic carbocycles. The Hall–Kier alpha value is -2.54. The summed E-state index contributed by atoms with van der Waals surface area (Å²) in [6.07, 6.45) is 0. The molecule has 2 aromatic rings. The van der Waals surface area contributed by atoms with Crippen molar-refractivity contribution < 1.29 is 0 Å². The van der Waals surface area contributed by atoms with Crippen LogP contribution in [0.15, 0.2) is 30.3 Å². The Kier molecular flexibility index (Phi) is 4.44. The highest BCUT2D eigenvalue weighted by atomic mass is 15.2. The van der Waals surface area contributed by atoms with Crippen LogP contribution in [0.1, 0.15) is 29.3 Å².